The largest absolute Gasteiger partial charge is 0.493 e. The van der Waals surface area contributed by atoms with Gasteiger partial charge in [-0.05, 0) is 99.6 Å². The number of aryl methyl sites for hydroxylation is 1. The Bertz CT molecular complexity index is 1740. The van der Waals surface area contributed by atoms with Crippen LogP contribution in [-0.4, -0.2) is 99.1 Å². The number of aromatic nitrogens is 2. The fourth-order valence-electron chi connectivity index (χ4n) is 7.71. The number of rotatable bonds is 16. The topological polar surface area (TPSA) is 81.5 Å². The van der Waals surface area contributed by atoms with Crippen molar-refractivity contribution in [2.24, 2.45) is 5.41 Å². The molecule has 2 aliphatic rings. The molecule has 0 bridgehead atoms. The van der Waals surface area contributed by atoms with Crippen LogP contribution in [0.4, 0.5) is 10.3 Å². The van der Waals surface area contributed by atoms with Crippen molar-refractivity contribution in [1.82, 2.24) is 19.4 Å². The summed E-state index contributed by atoms with van der Waals surface area (Å²) in [5.41, 5.74) is 3.60. The average molecular weight is 702 g/mol. The zero-order chi connectivity index (χ0) is 35.8. The number of anilines is 1. The number of para-hydroxylation sites is 2. The highest BCUT2D eigenvalue weighted by molar-refractivity contribution is 5.85. The smallest absolute Gasteiger partial charge is 0.229 e. The molecule has 10 nitrogen and oxygen atoms in total. The normalized spacial score (nSPS) is 18.4. The van der Waals surface area contributed by atoms with Crippen LogP contribution in [0.1, 0.15) is 43.7 Å². The van der Waals surface area contributed by atoms with E-state index < -0.39 is 5.41 Å². The third-order valence-corrected chi connectivity index (χ3v) is 10.6. The number of hydrogen-bond acceptors (Lipinski definition) is 8. The minimum absolute atomic E-state index is 0.179. The summed E-state index contributed by atoms with van der Waals surface area (Å²) in [5.74, 6) is 2.60. The first kappa shape index (κ1) is 36.4. The number of likely N-dealkylation sites (tertiary alicyclic amines) is 1. The van der Waals surface area contributed by atoms with Gasteiger partial charge in [0, 0.05) is 45.9 Å². The van der Waals surface area contributed by atoms with Crippen LogP contribution < -0.4 is 19.1 Å². The molecule has 0 aliphatic carbocycles. The number of benzene rings is 3. The molecule has 0 radical (unpaired) electrons. The molecule has 274 valence electrons. The van der Waals surface area contributed by atoms with Crippen LogP contribution in [0.25, 0.3) is 11.0 Å². The Balaban J connectivity index is 1.16. The van der Waals surface area contributed by atoms with Gasteiger partial charge < -0.3 is 38.2 Å². The third-order valence-electron chi connectivity index (χ3n) is 10.6. The first-order chi connectivity index (χ1) is 24.9. The number of methoxy groups -OCH3 is 3. The Morgan fingerprint density at radius 2 is 1.61 bits per heavy atom. The van der Waals surface area contributed by atoms with Gasteiger partial charge in [0.15, 0.2) is 11.5 Å². The molecule has 1 unspecified atom stereocenters. The minimum atomic E-state index is -0.506. The van der Waals surface area contributed by atoms with E-state index in [1.54, 1.807) is 21.3 Å². The number of carbonyl (C=O) groups excluding carboxylic acids is 1. The molecule has 3 aromatic carbocycles. The molecule has 4 aromatic rings. The van der Waals surface area contributed by atoms with Crippen molar-refractivity contribution in [1.29, 1.82) is 0 Å². The van der Waals surface area contributed by atoms with Crippen molar-refractivity contribution in [3.63, 3.8) is 0 Å². The second-order valence-corrected chi connectivity index (χ2v) is 13.6. The molecule has 2 fully saturated rings. The van der Waals surface area contributed by atoms with Crippen molar-refractivity contribution in [3.8, 4) is 17.2 Å². The van der Waals surface area contributed by atoms with Crippen LogP contribution in [-0.2, 0) is 29.0 Å². The van der Waals surface area contributed by atoms with Gasteiger partial charge in [-0.3, -0.25) is 4.79 Å². The highest BCUT2D eigenvalue weighted by Gasteiger charge is 2.46. The van der Waals surface area contributed by atoms with E-state index in [9.17, 15) is 9.18 Å². The van der Waals surface area contributed by atoms with Crippen molar-refractivity contribution in [2.45, 2.75) is 52.1 Å². The molecular weight excluding hydrogens is 649 g/mol. The maximum absolute atomic E-state index is 14.5. The van der Waals surface area contributed by atoms with E-state index in [4.69, 9.17) is 23.9 Å². The van der Waals surface area contributed by atoms with Crippen LogP contribution >= 0.6 is 0 Å². The lowest BCUT2D eigenvalue weighted by Gasteiger charge is -2.31. The molecule has 1 atom stereocenters. The maximum Gasteiger partial charge on any atom is 0.229 e. The molecule has 0 N–H and O–H groups in total. The zero-order valence-electron chi connectivity index (χ0n) is 30.5. The molecule has 2 saturated heterocycles. The van der Waals surface area contributed by atoms with E-state index in [1.807, 2.05) is 42.2 Å². The SMILES string of the molecule is CCOCCn1c(N2CCCN(CCC3(CCc4ccc(F)cc4)CCN(Cc4cc(OC)c(OC)c(OC)c4)C3=O)CC2)nc2ccccc21. The molecule has 6 rings (SSSR count). The lowest BCUT2D eigenvalue weighted by molar-refractivity contribution is -0.137. The van der Waals surface area contributed by atoms with E-state index in [-0.39, 0.29) is 11.7 Å². The fourth-order valence-corrected chi connectivity index (χ4v) is 7.71. The summed E-state index contributed by atoms with van der Waals surface area (Å²) >= 11 is 0. The standard InChI is InChI=1S/C40H52FN5O5/c1-5-51-26-25-46-34-10-7-6-9-33(34)42-39(46)44-20-8-19-43(23-24-44)21-17-40(16-15-30-11-13-32(41)14-12-30)18-22-45(38(40)47)29-31-27-35(48-2)37(50-4)36(28-31)49-3/h6-7,9-14,27-28H,5,8,15-26,29H2,1-4H3. The Morgan fingerprint density at radius 1 is 0.843 bits per heavy atom. The van der Waals surface area contributed by atoms with E-state index in [0.717, 1.165) is 93.1 Å². The Morgan fingerprint density at radius 3 is 2.33 bits per heavy atom. The average Bonchev–Trinajstić information content (AvgIpc) is 3.55. The summed E-state index contributed by atoms with van der Waals surface area (Å²) in [4.78, 5) is 26.4. The van der Waals surface area contributed by atoms with Gasteiger partial charge in [-0.15, -0.1) is 0 Å². The summed E-state index contributed by atoms with van der Waals surface area (Å²) < 4.78 is 38.4. The molecule has 0 saturated carbocycles. The number of ether oxygens (including phenoxy) is 4. The van der Waals surface area contributed by atoms with Gasteiger partial charge in [0.25, 0.3) is 0 Å². The molecule has 11 heteroatoms. The van der Waals surface area contributed by atoms with E-state index in [1.165, 1.54) is 12.1 Å². The lowest BCUT2D eigenvalue weighted by Crippen LogP contribution is -2.39. The van der Waals surface area contributed by atoms with Crippen LogP contribution in [0.15, 0.2) is 60.7 Å². The lowest BCUT2D eigenvalue weighted by atomic mass is 9.77. The van der Waals surface area contributed by atoms with Crippen LogP contribution in [0, 0.1) is 11.2 Å². The predicted octanol–water partition coefficient (Wildman–Crippen LogP) is 6.19. The van der Waals surface area contributed by atoms with Gasteiger partial charge in [-0.1, -0.05) is 24.3 Å². The number of fused-ring (bicyclic) bond motifs is 1. The van der Waals surface area contributed by atoms with Gasteiger partial charge in [0.05, 0.1) is 44.4 Å². The molecule has 1 aromatic heterocycles. The number of halogens is 1. The summed E-state index contributed by atoms with van der Waals surface area (Å²) in [6.07, 6.45) is 3.99. The van der Waals surface area contributed by atoms with E-state index in [2.05, 4.69) is 32.6 Å². The molecule has 51 heavy (non-hydrogen) atoms. The Kier molecular flexibility index (Phi) is 12.0. The van der Waals surface area contributed by atoms with Crippen molar-refractivity contribution in [3.05, 3.63) is 77.6 Å². The van der Waals surface area contributed by atoms with Gasteiger partial charge in [0.1, 0.15) is 5.82 Å². The first-order valence-electron chi connectivity index (χ1n) is 18.2. The molecular formula is C40H52FN5O5. The van der Waals surface area contributed by atoms with Crippen molar-refractivity contribution in [2.75, 3.05) is 78.7 Å². The predicted molar refractivity (Wildman–Crippen MR) is 197 cm³/mol. The quantitative estimate of drug-likeness (QED) is 0.128. The van der Waals surface area contributed by atoms with Gasteiger partial charge >= 0.3 is 0 Å². The monoisotopic (exact) mass is 701 g/mol. The molecule has 1 amide bonds. The summed E-state index contributed by atoms with van der Waals surface area (Å²) in [5, 5.41) is 0. The van der Waals surface area contributed by atoms with E-state index >= 15 is 0 Å². The van der Waals surface area contributed by atoms with Crippen molar-refractivity contribution < 1.29 is 28.1 Å². The Hall–Kier alpha value is -4.35. The second-order valence-electron chi connectivity index (χ2n) is 13.6. The number of amides is 1. The fraction of sp³-hybridized carbons (Fsp3) is 0.500. The number of imidazole rings is 1. The number of carbonyl (C=O) groups is 1. The van der Waals surface area contributed by atoms with Crippen molar-refractivity contribution >= 4 is 22.9 Å². The van der Waals surface area contributed by atoms with Crippen LogP contribution in [0.2, 0.25) is 0 Å². The highest BCUT2D eigenvalue weighted by Crippen LogP contribution is 2.43. The zero-order valence-corrected chi connectivity index (χ0v) is 30.5. The van der Waals surface area contributed by atoms with Gasteiger partial charge in [-0.2, -0.15) is 0 Å². The van der Waals surface area contributed by atoms with E-state index in [0.29, 0.717) is 50.0 Å². The molecule has 2 aliphatic heterocycles. The first-order valence-corrected chi connectivity index (χ1v) is 18.2. The molecule has 0 spiro atoms. The Labute approximate surface area is 301 Å². The second kappa shape index (κ2) is 16.8. The number of nitrogens with zero attached hydrogens (tertiary/aromatic N) is 5. The molecule has 3 heterocycles. The minimum Gasteiger partial charge on any atom is -0.493 e. The maximum atomic E-state index is 14.5. The summed E-state index contributed by atoms with van der Waals surface area (Å²) in [6.45, 7) is 9.73. The third kappa shape index (κ3) is 8.25. The van der Waals surface area contributed by atoms with Gasteiger partial charge in [0.2, 0.25) is 17.6 Å². The van der Waals surface area contributed by atoms with Crippen LogP contribution in [0.5, 0.6) is 17.2 Å². The summed E-state index contributed by atoms with van der Waals surface area (Å²) in [6, 6.07) is 18.8. The van der Waals surface area contributed by atoms with Crippen LogP contribution in [0.3, 0.4) is 0 Å². The van der Waals surface area contributed by atoms with Gasteiger partial charge in [-0.25, -0.2) is 9.37 Å². The summed E-state index contributed by atoms with van der Waals surface area (Å²) in [7, 11) is 4.79. The number of hydrogen-bond donors (Lipinski definition) is 0. The highest BCUT2D eigenvalue weighted by atomic mass is 19.1.